The summed E-state index contributed by atoms with van der Waals surface area (Å²) in [6.07, 6.45) is 0.729. The number of quaternary nitrogens is 1. The molecule has 0 saturated carbocycles. The molecule has 10 heavy (non-hydrogen) atoms. The number of hydrogen-bond acceptors (Lipinski definition) is 3. The molecule has 1 unspecified atom stereocenters. The molecule has 2 N–H and O–H groups in total. The van der Waals surface area contributed by atoms with E-state index in [0.29, 0.717) is 13.2 Å². The predicted molar refractivity (Wildman–Crippen MR) is 33.6 cm³/mol. The van der Waals surface area contributed by atoms with E-state index >= 15 is 0 Å². The lowest BCUT2D eigenvalue weighted by molar-refractivity contribution is -1.26. The molecule has 0 aromatic rings. The van der Waals surface area contributed by atoms with E-state index < -0.39 is 4.81 Å². The summed E-state index contributed by atoms with van der Waals surface area (Å²) >= 11 is 0. The maximum Gasteiger partial charge on any atom is 0.175 e. The predicted octanol–water partition coefficient (Wildman–Crippen LogP) is 0.390. The largest absolute Gasteiger partial charge is 0.369 e. The average molecular weight is 148 g/mol. The minimum Gasteiger partial charge on any atom is -0.369 e. The highest BCUT2D eigenvalue weighted by Gasteiger charge is 2.37. The minimum absolute atomic E-state index is 0.172. The standard InChI is InChI=1S/C6H14NO3/c1-2-6-5-10-4-3-7(6,8)9/h6,8-9H,2-5H2,1H3/q+1. The van der Waals surface area contributed by atoms with Crippen LogP contribution in [0.3, 0.4) is 0 Å². The molecule has 1 saturated heterocycles. The maximum atomic E-state index is 9.25. The Morgan fingerprint density at radius 1 is 1.60 bits per heavy atom. The Hall–Kier alpha value is -0.160. The summed E-state index contributed by atoms with van der Waals surface area (Å²) < 4.78 is 5.07. The van der Waals surface area contributed by atoms with Crippen LogP contribution in [0.25, 0.3) is 0 Å². The highest BCUT2D eigenvalue weighted by atomic mass is 16.8. The van der Waals surface area contributed by atoms with E-state index in [-0.39, 0.29) is 12.6 Å². The van der Waals surface area contributed by atoms with Crippen LogP contribution < -0.4 is 0 Å². The molecule has 0 bridgehead atoms. The second-order valence-corrected chi connectivity index (χ2v) is 2.65. The quantitative estimate of drug-likeness (QED) is 0.529. The van der Waals surface area contributed by atoms with Crippen molar-refractivity contribution in [1.82, 2.24) is 0 Å². The minimum atomic E-state index is -0.865. The SMILES string of the molecule is CCC1COCC[N+]1(O)O. The van der Waals surface area contributed by atoms with Gasteiger partial charge < -0.3 is 4.74 Å². The number of morpholine rings is 1. The first-order valence-corrected chi connectivity index (χ1v) is 3.58. The van der Waals surface area contributed by atoms with Gasteiger partial charge in [-0.15, -0.1) is 0 Å². The van der Waals surface area contributed by atoms with Gasteiger partial charge in [-0.25, -0.2) is 0 Å². The van der Waals surface area contributed by atoms with Crippen LogP contribution in [-0.2, 0) is 4.74 Å². The van der Waals surface area contributed by atoms with Crippen molar-refractivity contribution in [1.29, 1.82) is 0 Å². The molecule has 1 heterocycles. The van der Waals surface area contributed by atoms with Gasteiger partial charge in [0.05, 0.1) is 0 Å². The summed E-state index contributed by atoms with van der Waals surface area (Å²) in [5.41, 5.74) is 0. The van der Waals surface area contributed by atoms with Crippen molar-refractivity contribution in [2.45, 2.75) is 19.4 Å². The lowest BCUT2D eigenvalue weighted by Crippen LogP contribution is -2.57. The van der Waals surface area contributed by atoms with Gasteiger partial charge >= 0.3 is 0 Å². The monoisotopic (exact) mass is 148 g/mol. The van der Waals surface area contributed by atoms with Crippen molar-refractivity contribution in [3.8, 4) is 0 Å². The Morgan fingerprint density at radius 2 is 2.30 bits per heavy atom. The summed E-state index contributed by atoms with van der Waals surface area (Å²) in [5.74, 6) is 0. The number of rotatable bonds is 1. The zero-order chi connectivity index (χ0) is 7.61. The van der Waals surface area contributed by atoms with E-state index in [1.54, 1.807) is 0 Å². The third-order valence-electron chi connectivity index (χ3n) is 1.93. The highest BCUT2D eigenvalue weighted by molar-refractivity contribution is 4.54. The van der Waals surface area contributed by atoms with Crippen molar-refractivity contribution < 1.29 is 20.0 Å². The van der Waals surface area contributed by atoms with Gasteiger partial charge in [0.1, 0.15) is 13.2 Å². The molecule has 1 aliphatic rings. The Balaban J connectivity index is 2.51. The molecule has 1 aliphatic heterocycles. The van der Waals surface area contributed by atoms with Crippen LogP contribution in [0.1, 0.15) is 13.3 Å². The first kappa shape index (κ1) is 7.94. The van der Waals surface area contributed by atoms with Crippen molar-refractivity contribution in [3.05, 3.63) is 0 Å². The van der Waals surface area contributed by atoms with Crippen LogP contribution in [0.5, 0.6) is 0 Å². The maximum absolute atomic E-state index is 9.25. The number of nitrogens with zero attached hydrogens (tertiary/aromatic N) is 1. The van der Waals surface area contributed by atoms with Gasteiger partial charge in [0.2, 0.25) is 0 Å². The Morgan fingerprint density at radius 3 is 2.70 bits per heavy atom. The van der Waals surface area contributed by atoms with Gasteiger partial charge in [0, 0.05) is 6.42 Å². The summed E-state index contributed by atoms with van der Waals surface area (Å²) in [5, 5.41) is 18.5. The first-order valence-electron chi connectivity index (χ1n) is 3.58. The zero-order valence-corrected chi connectivity index (χ0v) is 6.16. The lowest BCUT2D eigenvalue weighted by atomic mass is 10.2. The fourth-order valence-corrected chi connectivity index (χ4v) is 1.13. The highest BCUT2D eigenvalue weighted by Crippen LogP contribution is 2.13. The van der Waals surface area contributed by atoms with Crippen LogP contribution in [0.15, 0.2) is 0 Å². The van der Waals surface area contributed by atoms with E-state index in [0.717, 1.165) is 6.42 Å². The van der Waals surface area contributed by atoms with Crippen LogP contribution in [0, 0.1) is 0 Å². The third-order valence-corrected chi connectivity index (χ3v) is 1.93. The normalized spacial score (nSPS) is 32.1. The van der Waals surface area contributed by atoms with Crippen LogP contribution in [0.4, 0.5) is 0 Å². The van der Waals surface area contributed by atoms with E-state index in [4.69, 9.17) is 4.74 Å². The fraction of sp³-hybridized carbons (Fsp3) is 1.00. The van der Waals surface area contributed by atoms with Crippen LogP contribution in [0.2, 0.25) is 0 Å². The van der Waals surface area contributed by atoms with Gasteiger partial charge in [-0.3, -0.25) is 0 Å². The fourth-order valence-electron chi connectivity index (χ4n) is 1.13. The zero-order valence-electron chi connectivity index (χ0n) is 6.16. The average Bonchev–Trinajstić information content (AvgIpc) is 1.87. The van der Waals surface area contributed by atoms with Gasteiger partial charge in [-0.2, -0.15) is 10.4 Å². The molecule has 1 fully saturated rings. The summed E-state index contributed by atoms with van der Waals surface area (Å²) in [7, 11) is 0. The van der Waals surface area contributed by atoms with E-state index in [9.17, 15) is 10.4 Å². The summed E-state index contributed by atoms with van der Waals surface area (Å²) in [4.78, 5) is -0.865. The van der Waals surface area contributed by atoms with Gasteiger partial charge in [-0.1, -0.05) is 6.92 Å². The topological polar surface area (TPSA) is 49.7 Å². The molecule has 4 nitrogen and oxygen atoms in total. The third kappa shape index (κ3) is 1.46. The Labute approximate surface area is 60.1 Å². The van der Waals surface area contributed by atoms with Crippen molar-refractivity contribution in [2.24, 2.45) is 0 Å². The molecular weight excluding hydrogens is 134 g/mol. The molecule has 0 aliphatic carbocycles. The molecule has 0 radical (unpaired) electrons. The molecule has 4 heteroatoms. The number of hydroxylamine groups is 4. The van der Waals surface area contributed by atoms with Crippen molar-refractivity contribution in [3.63, 3.8) is 0 Å². The van der Waals surface area contributed by atoms with E-state index in [2.05, 4.69) is 0 Å². The molecule has 60 valence electrons. The van der Waals surface area contributed by atoms with E-state index in [1.165, 1.54) is 0 Å². The van der Waals surface area contributed by atoms with Gasteiger partial charge in [0.15, 0.2) is 12.6 Å². The Kier molecular flexibility index (Phi) is 2.25. The molecule has 0 aromatic carbocycles. The second-order valence-electron chi connectivity index (χ2n) is 2.65. The van der Waals surface area contributed by atoms with Crippen molar-refractivity contribution >= 4 is 0 Å². The molecular formula is C6H14NO3+. The molecule has 1 atom stereocenters. The molecule has 0 spiro atoms. The second kappa shape index (κ2) is 2.84. The van der Waals surface area contributed by atoms with Crippen molar-refractivity contribution in [2.75, 3.05) is 19.8 Å². The lowest BCUT2D eigenvalue weighted by Gasteiger charge is -2.32. The van der Waals surface area contributed by atoms with E-state index in [1.807, 2.05) is 6.92 Å². The molecule has 0 aromatic heterocycles. The molecule has 1 rings (SSSR count). The summed E-state index contributed by atoms with van der Waals surface area (Å²) in [6, 6.07) is -0.172. The van der Waals surface area contributed by atoms with Crippen LogP contribution >= 0.6 is 0 Å². The van der Waals surface area contributed by atoms with Gasteiger partial charge in [-0.05, 0) is 4.81 Å². The van der Waals surface area contributed by atoms with Crippen LogP contribution in [-0.4, -0.2) is 41.0 Å². The first-order chi connectivity index (χ1) is 4.67. The number of ether oxygens (including phenoxy) is 1. The smallest absolute Gasteiger partial charge is 0.175 e. The molecule has 0 amide bonds. The number of hydrogen-bond donors (Lipinski definition) is 2. The summed E-state index contributed by atoms with van der Waals surface area (Å²) in [6.45, 7) is 3.07. The Bertz CT molecular complexity index is 116. The van der Waals surface area contributed by atoms with Gasteiger partial charge in [0.25, 0.3) is 0 Å².